The van der Waals surface area contributed by atoms with Crippen molar-refractivity contribution in [3.8, 4) is 0 Å². The van der Waals surface area contributed by atoms with Crippen molar-refractivity contribution in [2.45, 2.75) is 37.7 Å². The Labute approximate surface area is 119 Å². The Hall–Kier alpha value is -1.40. The van der Waals surface area contributed by atoms with Crippen molar-refractivity contribution in [3.63, 3.8) is 0 Å². The van der Waals surface area contributed by atoms with Crippen molar-refractivity contribution in [1.29, 1.82) is 0 Å². The molecule has 0 aromatic heterocycles. The van der Waals surface area contributed by atoms with Gasteiger partial charge in [-0.05, 0) is 38.0 Å². The summed E-state index contributed by atoms with van der Waals surface area (Å²) in [6.07, 6.45) is 0.434. The number of carbonyl (C=O) groups is 1. The van der Waals surface area contributed by atoms with Gasteiger partial charge in [0.2, 0.25) is 0 Å². The van der Waals surface area contributed by atoms with Gasteiger partial charge in [0.15, 0.2) is 9.84 Å². The summed E-state index contributed by atoms with van der Waals surface area (Å²) >= 11 is 0. The number of aliphatic carboxylic acids is 1. The predicted octanol–water partition coefficient (Wildman–Crippen LogP) is 1.90. The van der Waals surface area contributed by atoms with Crippen LogP contribution in [0.5, 0.6) is 0 Å². The Kier molecular flexibility index (Phi) is 6.16. The standard InChI is InChI=1S/C14H20O5S/c1-11(2)19-9-10-20(17,18)13-6-3-12(4-7-13)5-8-14(15)16/h3-4,6-7,11H,5,8-10H2,1-2H3,(H,15,16). The molecule has 0 atom stereocenters. The highest BCUT2D eigenvalue weighted by atomic mass is 32.2. The molecule has 0 aliphatic rings. The first-order valence-electron chi connectivity index (χ1n) is 6.46. The average molecular weight is 300 g/mol. The summed E-state index contributed by atoms with van der Waals surface area (Å²) in [5.41, 5.74) is 0.810. The number of carboxylic acid groups (broad SMARTS) is 1. The maximum atomic E-state index is 12.0. The molecular weight excluding hydrogens is 280 g/mol. The Morgan fingerprint density at radius 1 is 1.25 bits per heavy atom. The van der Waals surface area contributed by atoms with Gasteiger partial charge in [-0.1, -0.05) is 12.1 Å². The maximum Gasteiger partial charge on any atom is 0.303 e. The van der Waals surface area contributed by atoms with E-state index in [1.165, 1.54) is 12.1 Å². The molecule has 0 radical (unpaired) electrons. The van der Waals surface area contributed by atoms with E-state index in [1.54, 1.807) is 12.1 Å². The minimum absolute atomic E-state index is 0.00333. The third kappa shape index (κ3) is 5.71. The third-order valence-electron chi connectivity index (χ3n) is 2.71. The molecule has 0 spiro atoms. The van der Waals surface area contributed by atoms with Gasteiger partial charge >= 0.3 is 5.97 Å². The van der Waals surface area contributed by atoms with Gasteiger partial charge < -0.3 is 9.84 Å². The van der Waals surface area contributed by atoms with Gasteiger partial charge in [0.1, 0.15) is 0 Å². The molecule has 20 heavy (non-hydrogen) atoms. The molecule has 0 heterocycles. The smallest absolute Gasteiger partial charge is 0.303 e. The van der Waals surface area contributed by atoms with E-state index in [0.717, 1.165) is 5.56 Å². The summed E-state index contributed by atoms with van der Waals surface area (Å²) < 4.78 is 29.3. The number of sulfone groups is 1. The van der Waals surface area contributed by atoms with E-state index in [-0.39, 0.29) is 29.8 Å². The lowest BCUT2D eigenvalue weighted by molar-refractivity contribution is -0.136. The number of ether oxygens (including phenoxy) is 1. The lowest BCUT2D eigenvalue weighted by atomic mass is 10.1. The minimum atomic E-state index is -3.35. The number of rotatable bonds is 8. The largest absolute Gasteiger partial charge is 0.481 e. The monoisotopic (exact) mass is 300 g/mol. The predicted molar refractivity (Wildman–Crippen MR) is 75.5 cm³/mol. The maximum absolute atomic E-state index is 12.0. The molecule has 1 rings (SSSR count). The topological polar surface area (TPSA) is 80.7 Å². The third-order valence-corrected chi connectivity index (χ3v) is 4.41. The second-order valence-corrected chi connectivity index (χ2v) is 6.89. The molecule has 0 aliphatic carbocycles. The molecule has 0 saturated carbocycles. The van der Waals surface area contributed by atoms with Crippen LogP contribution >= 0.6 is 0 Å². The number of benzene rings is 1. The Bertz CT molecular complexity index is 531. The lowest BCUT2D eigenvalue weighted by Gasteiger charge is -2.08. The highest BCUT2D eigenvalue weighted by Gasteiger charge is 2.14. The van der Waals surface area contributed by atoms with Crippen LogP contribution in [-0.4, -0.2) is 38.0 Å². The average Bonchev–Trinajstić information content (AvgIpc) is 2.36. The van der Waals surface area contributed by atoms with Crippen LogP contribution in [-0.2, 0) is 25.8 Å². The molecule has 0 aliphatic heterocycles. The molecule has 1 aromatic carbocycles. The van der Waals surface area contributed by atoms with Crippen LogP contribution in [0.4, 0.5) is 0 Å². The summed E-state index contributed by atoms with van der Waals surface area (Å²) in [5, 5.41) is 8.59. The van der Waals surface area contributed by atoms with Crippen molar-refractivity contribution in [2.75, 3.05) is 12.4 Å². The Balaban J connectivity index is 2.64. The Morgan fingerprint density at radius 2 is 1.85 bits per heavy atom. The van der Waals surface area contributed by atoms with E-state index >= 15 is 0 Å². The summed E-state index contributed by atoms with van der Waals surface area (Å²) in [6, 6.07) is 6.34. The van der Waals surface area contributed by atoms with Gasteiger partial charge in [-0.25, -0.2) is 8.42 Å². The first-order chi connectivity index (χ1) is 9.31. The number of hydrogen-bond acceptors (Lipinski definition) is 4. The van der Waals surface area contributed by atoms with Crippen LogP contribution in [0.1, 0.15) is 25.8 Å². The molecule has 5 nitrogen and oxygen atoms in total. The van der Waals surface area contributed by atoms with Crippen molar-refractivity contribution in [3.05, 3.63) is 29.8 Å². The molecule has 1 N–H and O–H groups in total. The van der Waals surface area contributed by atoms with Crippen molar-refractivity contribution in [2.24, 2.45) is 0 Å². The second-order valence-electron chi connectivity index (χ2n) is 4.78. The molecule has 0 fully saturated rings. The van der Waals surface area contributed by atoms with E-state index in [9.17, 15) is 13.2 Å². The van der Waals surface area contributed by atoms with E-state index in [1.807, 2.05) is 13.8 Å². The lowest BCUT2D eigenvalue weighted by Crippen LogP contribution is -2.15. The SMILES string of the molecule is CC(C)OCCS(=O)(=O)c1ccc(CCC(=O)O)cc1. The van der Waals surface area contributed by atoms with Crippen LogP contribution in [0.15, 0.2) is 29.2 Å². The van der Waals surface area contributed by atoms with E-state index < -0.39 is 15.8 Å². The van der Waals surface area contributed by atoms with Gasteiger partial charge in [-0.3, -0.25) is 4.79 Å². The van der Waals surface area contributed by atoms with Crippen LogP contribution < -0.4 is 0 Å². The zero-order chi connectivity index (χ0) is 15.2. The number of carboxylic acids is 1. The quantitative estimate of drug-likeness (QED) is 0.793. The van der Waals surface area contributed by atoms with Gasteiger partial charge in [0.25, 0.3) is 0 Å². The van der Waals surface area contributed by atoms with E-state index in [4.69, 9.17) is 9.84 Å². The van der Waals surface area contributed by atoms with Crippen LogP contribution in [0.2, 0.25) is 0 Å². The minimum Gasteiger partial charge on any atom is -0.481 e. The fourth-order valence-corrected chi connectivity index (χ4v) is 2.73. The van der Waals surface area contributed by atoms with Crippen LogP contribution in [0.3, 0.4) is 0 Å². The van der Waals surface area contributed by atoms with Crippen LogP contribution in [0.25, 0.3) is 0 Å². The van der Waals surface area contributed by atoms with Gasteiger partial charge in [0, 0.05) is 6.42 Å². The van der Waals surface area contributed by atoms with Crippen molar-refractivity contribution in [1.82, 2.24) is 0 Å². The highest BCUT2D eigenvalue weighted by Crippen LogP contribution is 2.14. The highest BCUT2D eigenvalue weighted by molar-refractivity contribution is 7.91. The number of hydrogen-bond donors (Lipinski definition) is 1. The number of aryl methyl sites for hydroxylation is 1. The van der Waals surface area contributed by atoms with Gasteiger partial charge in [-0.15, -0.1) is 0 Å². The molecule has 6 heteroatoms. The van der Waals surface area contributed by atoms with E-state index in [0.29, 0.717) is 6.42 Å². The summed E-state index contributed by atoms with van der Waals surface area (Å²) in [7, 11) is -3.35. The fraction of sp³-hybridized carbons (Fsp3) is 0.500. The second kappa shape index (κ2) is 7.40. The zero-order valence-electron chi connectivity index (χ0n) is 11.7. The summed E-state index contributed by atoms with van der Waals surface area (Å²) in [5.74, 6) is -0.924. The van der Waals surface area contributed by atoms with Crippen molar-refractivity contribution >= 4 is 15.8 Å². The molecule has 1 aromatic rings. The van der Waals surface area contributed by atoms with Gasteiger partial charge in [0.05, 0.1) is 23.4 Å². The fourth-order valence-electron chi connectivity index (χ4n) is 1.63. The first kappa shape index (κ1) is 16.7. The van der Waals surface area contributed by atoms with Gasteiger partial charge in [-0.2, -0.15) is 0 Å². The molecule has 0 saturated heterocycles. The summed E-state index contributed by atoms with van der Waals surface area (Å²) in [6.45, 7) is 3.87. The first-order valence-corrected chi connectivity index (χ1v) is 8.11. The van der Waals surface area contributed by atoms with Crippen molar-refractivity contribution < 1.29 is 23.1 Å². The molecule has 0 bridgehead atoms. The molecule has 112 valence electrons. The normalized spacial score (nSPS) is 11.8. The Morgan fingerprint density at radius 3 is 2.35 bits per heavy atom. The molecule has 0 unspecified atom stereocenters. The molecule has 0 amide bonds. The molecular formula is C14H20O5S. The van der Waals surface area contributed by atoms with E-state index in [2.05, 4.69) is 0 Å². The van der Waals surface area contributed by atoms with Crippen LogP contribution in [0, 0.1) is 0 Å². The summed E-state index contributed by atoms with van der Waals surface area (Å²) in [4.78, 5) is 10.7. The zero-order valence-corrected chi connectivity index (χ0v) is 12.5.